The summed E-state index contributed by atoms with van der Waals surface area (Å²) in [6.07, 6.45) is 1.82. The Morgan fingerprint density at radius 3 is 2.63 bits per heavy atom. The highest BCUT2D eigenvalue weighted by molar-refractivity contribution is 8.00. The van der Waals surface area contributed by atoms with Crippen LogP contribution in [0.2, 0.25) is 0 Å². The molecule has 3 rings (SSSR count). The Balaban J connectivity index is 1.88. The van der Waals surface area contributed by atoms with Gasteiger partial charge in [0.25, 0.3) is 0 Å². The SMILES string of the molecule is C=CCn1c(S[C@H](C)C(=O)c2cc(C)ccc2C)nnc1-c1ccccc1. The number of benzene rings is 2. The maximum Gasteiger partial charge on any atom is 0.192 e. The largest absolute Gasteiger partial charge is 0.298 e. The van der Waals surface area contributed by atoms with Crippen molar-refractivity contribution in [1.82, 2.24) is 14.8 Å². The second kappa shape index (κ2) is 8.35. The van der Waals surface area contributed by atoms with Gasteiger partial charge in [0, 0.05) is 17.7 Å². The number of hydrogen-bond donors (Lipinski definition) is 0. The number of carbonyl (C=O) groups excluding carboxylic acids is 1. The Labute approximate surface area is 164 Å². The summed E-state index contributed by atoms with van der Waals surface area (Å²) in [5.41, 5.74) is 3.85. The zero-order valence-corrected chi connectivity index (χ0v) is 16.7. The van der Waals surface area contributed by atoms with Gasteiger partial charge in [-0.15, -0.1) is 16.8 Å². The van der Waals surface area contributed by atoms with Crippen molar-refractivity contribution in [2.75, 3.05) is 0 Å². The van der Waals surface area contributed by atoms with Crippen LogP contribution in [0.4, 0.5) is 0 Å². The van der Waals surface area contributed by atoms with Gasteiger partial charge in [0.15, 0.2) is 16.8 Å². The molecule has 0 N–H and O–H groups in total. The second-order valence-corrected chi connectivity index (χ2v) is 7.82. The van der Waals surface area contributed by atoms with E-state index in [9.17, 15) is 4.79 Å². The van der Waals surface area contributed by atoms with Crippen molar-refractivity contribution >= 4 is 17.5 Å². The Kier molecular flexibility index (Phi) is 5.91. The van der Waals surface area contributed by atoms with Gasteiger partial charge in [-0.05, 0) is 32.4 Å². The summed E-state index contributed by atoms with van der Waals surface area (Å²) in [6.45, 7) is 10.3. The van der Waals surface area contributed by atoms with Gasteiger partial charge in [0.2, 0.25) is 0 Å². The molecule has 138 valence electrons. The molecular formula is C22H23N3OS. The molecule has 0 bridgehead atoms. The van der Waals surface area contributed by atoms with E-state index in [-0.39, 0.29) is 11.0 Å². The number of allylic oxidation sites excluding steroid dienone is 1. The second-order valence-electron chi connectivity index (χ2n) is 6.51. The van der Waals surface area contributed by atoms with Crippen molar-refractivity contribution in [3.05, 3.63) is 77.9 Å². The fourth-order valence-electron chi connectivity index (χ4n) is 2.90. The number of rotatable bonds is 7. The molecule has 1 heterocycles. The highest BCUT2D eigenvalue weighted by Crippen LogP contribution is 2.29. The fourth-order valence-corrected chi connectivity index (χ4v) is 3.83. The van der Waals surface area contributed by atoms with E-state index in [0.717, 1.165) is 33.2 Å². The minimum absolute atomic E-state index is 0.107. The smallest absolute Gasteiger partial charge is 0.192 e. The molecule has 0 aliphatic heterocycles. The van der Waals surface area contributed by atoms with Gasteiger partial charge in [0.1, 0.15) is 0 Å². The van der Waals surface area contributed by atoms with Gasteiger partial charge in [-0.3, -0.25) is 9.36 Å². The first-order chi connectivity index (χ1) is 13.0. The molecule has 27 heavy (non-hydrogen) atoms. The molecule has 0 unspecified atom stereocenters. The first-order valence-electron chi connectivity index (χ1n) is 8.89. The van der Waals surface area contributed by atoms with Crippen molar-refractivity contribution in [2.24, 2.45) is 0 Å². The van der Waals surface area contributed by atoms with Crippen LogP contribution in [0.25, 0.3) is 11.4 Å². The lowest BCUT2D eigenvalue weighted by atomic mass is 10.0. The molecule has 5 heteroatoms. The number of aryl methyl sites for hydroxylation is 2. The van der Waals surface area contributed by atoms with Gasteiger partial charge >= 0.3 is 0 Å². The Hall–Kier alpha value is -2.66. The zero-order valence-electron chi connectivity index (χ0n) is 15.8. The molecular weight excluding hydrogens is 354 g/mol. The number of nitrogens with zero attached hydrogens (tertiary/aromatic N) is 3. The summed E-state index contributed by atoms with van der Waals surface area (Å²) in [7, 11) is 0. The van der Waals surface area contributed by atoms with Crippen LogP contribution in [0.3, 0.4) is 0 Å². The summed E-state index contributed by atoms with van der Waals surface area (Å²) in [5.74, 6) is 0.889. The number of carbonyl (C=O) groups is 1. The normalized spacial score (nSPS) is 12.0. The zero-order chi connectivity index (χ0) is 19.4. The highest BCUT2D eigenvalue weighted by Gasteiger charge is 2.22. The predicted octanol–water partition coefficient (Wildman–Crippen LogP) is 5.11. The number of ketones is 1. The van der Waals surface area contributed by atoms with Crippen molar-refractivity contribution in [2.45, 2.75) is 37.7 Å². The van der Waals surface area contributed by atoms with Crippen molar-refractivity contribution in [3.63, 3.8) is 0 Å². The average Bonchev–Trinajstić information content (AvgIpc) is 3.06. The molecule has 0 amide bonds. The molecule has 0 saturated heterocycles. The third-order valence-electron chi connectivity index (χ3n) is 4.37. The van der Waals surface area contributed by atoms with E-state index < -0.39 is 0 Å². The molecule has 0 aliphatic rings. The molecule has 0 radical (unpaired) electrons. The third kappa shape index (κ3) is 4.19. The molecule has 1 aromatic heterocycles. The lowest BCUT2D eigenvalue weighted by molar-refractivity contribution is 0.0993. The first kappa shape index (κ1) is 19.1. The molecule has 3 aromatic rings. The summed E-state index contributed by atoms with van der Waals surface area (Å²) in [5, 5.41) is 9.16. The van der Waals surface area contributed by atoms with E-state index >= 15 is 0 Å². The lowest BCUT2D eigenvalue weighted by Gasteiger charge is -2.13. The predicted molar refractivity (Wildman–Crippen MR) is 111 cm³/mol. The van der Waals surface area contributed by atoms with Crippen LogP contribution in [0.5, 0.6) is 0 Å². The van der Waals surface area contributed by atoms with Crippen LogP contribution in [-0.4, -0.2) is 25.8 Å². The lowest BCUT2D eigenvalue weighted by Crippen LogP contribution is -2.16. The van der Waals surface area contributed by atoms with Gasteiger partial charge in [0.05, 0.1) is 5.25 Å². The monoisotopic (exact) mass is 377 g/mol. The molecule has 1 atom stereocenters. The third-order valence-corrected chi connectivity index (χ3v) is 5.45. The molecule has 0 fully saturated rings. The number of aromatic nitrogens is 3. The maximum absolute atomic E-state index is 13.0. The summed E-state index contributed by atoms with van der Waals surface area (Å²) in [4.78, 5) is 13.0. The highest BCUT2D eigenvalue weighted by atomic mass is 32.2. The van der Waals surface area contributed by atoms with Crippen LogP contribution in [0.1, 0.15) is 28.4 Å². The molecule has 0 spiro atoms. The van der Waals surface area contributed by atoms with Crippen LogP contribution < -0.4 is 0 Å². The van der Waals surface area contributed by atoms with Gasteiger partial charge in [-0.1, -0.05) is 65.9 Å². The van der Waals surface area contributed by atoms with E-state index in [1.165, 1.54) is 11.8 Å². The van der Waals surface area contributed by atoms with Crippen LogP contribution in [0.15, 0.2) is 66.3 Å². The van der Waals surface area contributed by atoms with E-state index in [1.54, 1.807) is 0 Å². The topological polar surface area (TPSA) is 47.8 Å². The van der Waals surface area contributed by atoms with Gasteiger partial charge < -0.3 is 0 Å². The quantitative estimate of drug-likeness (QED) is 0.326. The Morgan fingerprint density at radius 1 is 1.19 bits per heavy atom. The van der Waals surface area contributed by atoms with Crippen molar-refractivity contribution in [1.29, 1.82) is 0 Å². The Morgan fingerprint density at radius 2 is 1.93 bits per heavy atom. The number of thioether (sulfide) groups is 1. The minimum Gasteiger partial charge on any atom is -0.298 e. The van der Waals surface area contributed by atoms with Crippen LogP contribution in [-0.2, 0) is 6.54 Å². The van der Waals surface area contributed by atoms with E-state index in [2.05, 4.69) is 16.8 Å². The van der Waals surface area contributed by atoms with Crippen molar-refractivity contribution in [3.8, 4) is 11.4 Å². The van der Waals surface area contributed by atoms with Gasteiger partial charge in [-0.2, -0.15) is 0 Å². The van der Waals surface area contributed by atoms with E-state index in [0.29, 0.717) is 6.54 Å². The van der Waals surface area contributed by atoms with E-state index in [1.807, 2.05) is 79.9 Å². The van der Waals surface area contributed by atoms with E-state index in [4.69, 9.17) is 0 Å². The molecule has 4 nitrogen and oxygen atoms in total. The number of Topliss-reactive ketones (excluding diaryl/α,β-unsaturated/α-hetero) is 1. The van der Waals surface area contributed by atoms with Crippen LogP contribution >= 0.6 is 11.8 Å². The summed E-state index contributed by atoms with van der Waals surface area (Å²) >= 11 is 1.44. The Bertz CT molecular complexity index is 963. The van der Waals surface area contributed by atoms with Crippen LogP contribution in [0, 0.1) is 13.8 Å². The summed E-state index contributed by atoms with van der Waals surface area (Å²) < 4.78 is 2.00. The summed E-state index contributed by atoms with van der Waals surface area (Å²) in [6, 6.07) is 15.9. The molecule has 0 saturated carbocycles. The number of hydrogen-bond acceptors (Lipinski definition) is 4. The van der Waals surface area contributed by atoms with Gasteiger partial charge in [-0.25, -0.2) is 0 Å². The minimum atomic E-state index is -0.262. The standard InChI is InChI=1S/C22H23N3OS/c1-5-13-25-21(18-9-7-6-8-10-18)23-24-22(25)27-17(4)20(26)19-14-15(2)11-12-16(19)3/h5-12,14,17H,1,13H2,2-4H3/t17-/m1/s1. The maximum atomic E-state index is 13.0. The molecule has 0 aliphatic carbocycles. The first-order valence-corrected chi connectivity index (χ1v) is 9.77. The van der Waals surface area contributed by atoms with Crippen molar-refractivity contribution < 1.29 is 4.79 Å². The molecule has 2 aromatic carbocycles. The average molecular weight is 378 g/mol. The fraction of sp³-hybridized carbons (Fsp3) is 0.227.